The summed E-state index contributed by atoms with van der Waals surface area (Å²) in [5.41, 5.74) is 5.57. The summed E-state index contributed by atoms with van der Waals surface area (Å²) in [6.45, 7) is -0.0678. The summed E-state index contributed by atoms with van der Waals surface area (Å²) >= 11 is 1.28. The minimum atomic E-state index is -1.18. The van der Waals surface area contributed by atoms with Crippen LogP contribution in [0.1, 0.15) is 12.0 Å². The highest BCUT2D eigenvalue weighted by Gasteiger charge is 2.55. The molecular formula is C17H18N2O7S. The van der Waals surface area contributed by atoms with E-state index in [9.17, 15) is 19.5 Å². The van der Waals surface area contributed by atoms with E-state index in [-0.39, 0.29) is 42.7 Å². The highest BCUT2D eigenvalue weighted by molar-refractivity contribution is 8.04. The second-order valence-electron chi connectivity index (χ2n) is 5.95. The zero-order valence-corrected chi connectivity index (χ0v) is 15.0. The molecule has 1 saturated heterocycles. The van der Waals surface area contributed by atoms with Gasteiger partial charge in [-0.3, -0.25) is 9.69 Å². The van der Waals surface area contributed by atoms with E-state index >= 15 is 0 Å². The molecule has 1 aromatic rings. The zero-order chi connectivity index (χ0) is 19.6. The van der Waals surface area contributed by atoms with E-state index in [1.807, 2.05) is 0 Å². The molecule has 0 saturated carbocycles. The topological polar surface area (TPSA) is 139 Å². The fourth-order valence-electron chi connectivity index (χ4n) is 2.95. The average molecular weight is 394 g/mol. The number of benzene rings is 1. The van der Waals surface area contributed by atoms with Crippen molar-refractivity contribution in [2.24, 2.45) is 11.7 Å². The molecule has 2 heterocycles. The van der Waals surface area contributed by atoms with E-state index in [0.717, 1.165) is 5.56 Å². The minimum absolute atomic E-state index is 0.00948. The van der Waals surface area contributed by atoms with Gasteiger partial charge in [0.1, 0.15) is 24.7 Å². The standard InChI is InChI=1S/C17H18N2O7S/c18-17(24)26-7-9-1-3-10(4-2-9)25-8-12-13(16(22)23)19-14(21)11(5-6-20)15(19)27-12/h1-4,11,15,20H,5-8H2,(H2,18,24)(H,22,23)/t11-,15+/m0/s1. The lowest BCUT2D eigenvalue weighted by Crippen LogP contribution is -2.57. The zero-order valence-electron chi connectivity index (χ0n) is 14.2. The first-order valence-corrected chi connectivity index (χ1v) is 9.01. The van der Waals surface area contributed by atoms with Gasteiger partial charge in [-0.25, -0.2) is 9.59 Å². The van der Waals surface area contributed by atoms with Crippen molar-refractivity contribution in [1.82, 2.24) is 4.90 Å². The first-order valence-electron chi connectivity index (χ1n) is 8.13. The number of β-lactam (4-membered cyclic amide) rings is 1. The lowest BCUT2D eigenvalue weighted by Gasteiger charge is -2.42. The van der Waals surface area contributed by atoms with E-state index in [1.54, 1.807) is 24.3 Å². The third-order valence-corrected chi connectivity index (χ3v) is 5.61. The van der Waals surface area contributed by atoms with Crippen LogP contribution in [0.5, 0.6) is 5.75 Å². The molecule has 144 valence electrons. The highest BCUT2D eigenvalue weighted by Crippen LogP contribution is 2.50. The maximum atomic E-state index is 12.1. The quantitative estimate of drug-likeness (QED) is 0.552. The number of thioether (sulfide) groups is 1. The fraction of sp³-hybridized carbons (Fsp3) is 0.353. The Kier molecular flexibility index (Phi) is 5.57. The summed E-state index contributed by atoms with van der Waals surface area (Å²) in [7, 11) is 0. The second-order valence-corrected chi connectivity index (χ2v) is 7.16. The van der Waals surface area contributed by atoms with E-state index in [4.69, 9.17) is 15.6 Å². The van der Waals surface area contributed by atoms with Crippen molar-refractivity contribution < 1.29 is 34.1 Å². The number of fused-ring (bicyclic) bond motifs is 1. The van der Waals surface area contributed by atoms with Gasteiger partial charge in [-0.2, -0.15) is 0 Å². The smallest absolute Gasteiger partial charge is 0.404 e. The summed E-state index contributed by atoms with van der Waals surface area (Å²) in [5.74, 6) is -1.34. The van der Waals surface area contributed by atoms with Gasteiger partial charge in [-0.1, -0.05) is 23.9 Å². The third kappa shape index (κ3) is 3.86. The van der Waals surface area contributed by atoms with Crippen LogP contribution in [0, 0.1) is 5.92 Å². The van der Waals surface area contributed by atoms with Gasteiger partial charge in [0.2, 0.25) is 5.91 Å². The van der Waals surface area contributed by atoms with E-state index < -0.39 is 12.1 Å². The summed E-state index contributed by atoms with van der Waals surface area (Å²) in [4.78, 5) is 36.0. The molecule has 10 heteroatoms. The number of carboxylic acid groups (broad SMARTS) is 1. The van der Waals surface area contributed by atoms with Crippen LogP contribution in [0.15, 0.2) is 34.9 Å². The minimum Gasteiger partial charge on any atom is -0.488 e. The lowest BCUT2D eigenvalue weighted by molar-refractivity contribution is -0.152. The van der Waals surface area contributed by atoms with Crippen LogP contribution in [0.2, 0.25) is 0 Å². The van der Waals surface area contributed by atoms with E-state index in [1.165, 1.54) is 16.7 Å². The summed E-state index contributed by atoms with van der Waals surface area (Å²) < 4.78 is 10.3. The van der Waals surface area contributed by atoms with Crippen molar-refractivity contribution in [3.8, 4) is 5.75 Å². The highest BCUT2D eigenvalue weighted by atomic mass is 32.2. The van der Waals surface area contributed by atoms with Crippen molar-refractivity contribution in [2.45, 2.75) is 18.4 Å². The molecule has 3 rings (SSSR count). The number of ether oxygens (including phenoxy) is 2. The normalized spacial score (nSPS) is 20.9. The first-order chi connectivity index (χ1) is 12.9. The number of rotatable bonds is 8. The molecule has 1 aromatic carbocycles. The number of hydrogen-bond donors (Lipinski definition) is 3. The SMILES string of the molecule is NC(=O)OCc1ccc(OCC2=C(C(=O)O)N3C(=O)[C@H](CCO)[C@H]3S2)cc1. The molecule has 1 fully saturated rings. The molecule has 2 atom stereocenters. The van der Waals surface area contributed by atoms with Crippen LogP contribution in [-0.2, 0) is 20.9 Å². The van der Waals surface area contributed by atoms with Gasteiger partial charge in [-0.05, 0) is 24.1 Å². The molecule has 0 bridgehead atoms. The average Bonchev–Trinajstić information content (AvgIpc) is 2.99. The molecule has 0 aliphatic carbocycles. The maximum absolute atomic E-state index is 12.1. The van der Waals surface area contributed by atoms with Gasteiger partial charge in [0.15, 0.2) is 0 Å². The van der Waals surface area contributed by atoms with Crippen LogP contribution in [0.4, 0.5) is 4.79 Å². The molecule has 2 aliphatic heterocycles. The summed E-state index contributed by atoms with van der Waals surface area (Å²) in [5, 5.41) is 18.2. The molecule has 4 N–H and O–H groups in total. The molecule has 0 aromatic heterocycles. The van der Waals surface area contributed by atoms with Crippen LogP contribution < -0.4 is 10.5 Å². The van der Waals surface area contributed by atoms with E-state index in [2.05, 4.69) is 4.74 Å². The van der Waals surface area contributed by atoms with Gasteiger partial charge >= 0.3 is 12.1 Å². The molecule has 2 amide bonds. The van der Waals surface area contributed by atoms with Crippen molar-refractivity contribution in [2.75, 3.05) is 13.2 Å². The number of aliphatic hydroxyl groups excluding tert-OH is 1. The maximum Gasteiger partial charge on any atom is 0.404 e. The first kappa shape index (κ1) is 19.1. The second kappa shape index (κ2) is 7.89. The molecule has 2 aliphatic rings. The van der Waals surface area contributed by atoms with Crippen molar-refractivity contribution in [1.29, 1.82) is 0 Å². The number of nitrogens with two attached hydrogens (primary N) is 1. The fourth-order valence-corrected chi connectivity index (χ4v) is 4.39. The number of nitrogens with zero attached hydrogens (tertiary/aromatic N) is 1. The number of carbonyl (C=O) groups is 3. The Balaban J connectivity index is 1.64. The van der Waals surface area contributed by atoms with Crippen LogP contribution in [0.3, 0.4) is 0 Å². The Labute approximate surface area is 158 Å². The van der Waals surface area contributed by atoms with Gasteiger partial charge in [0, 0.05) is 6.61 Å². The number of hydrogen-bond acceptors (Lipinski definition) is 7. The van der Waals surface area contributed by atoms with Gasteiger partial charge in [0.05, 0.1) is 16.2 Å². The monoisotopic (exact) mass is 394 g/mol. The Morgan fingerprint density at radius 2 is 1.93 bits per heavy atom. The number of carboxylic acids is 1. The number of amides is 2. The Morgan fingerprint density at radius 3 is 2.52 bits per heavy atom. The Hall–Kier alpha value is -2.72. The lowest BCUT2D eigenvalue weighted by atomic mass is 9.94. The van der Waals surface area contributed by atoms with Crippen LogP contribution in [-0.4, -0.2) is 51.7 Å². The largest absolute Gasteiger partial charge is 0.488 e. The number of carbonyl (C=O) groups excluding carboxylic acids is 2. The van der Waals surface area contributed by atoms with E-state index in [0.29, 0.717) is 17.1 Å². The molecule has 0 spiro atoms. The number of primary amides is 1. The summed E-state index contributed by atoms with van der Waals surface area (Å²) in [6, 6.07) is 6.71. The third-order valence-electron chi connectivity index (χ3n) is 4.24. The van der Waals surface area contributed by atoms with Gasteiger partial charge in [0.25, 0.3) is 0 Å². The summed E-state index contributed by atoms with van der Waals surface area (Å²) in [6.07, 6.45) is -0.552. The molecular weight excluding hydrogens is 376 g/mol. The Morgan fingerprint density at radius 1 is 1.22 bits per heavy atom. The van der Waals surface area contributed by atoms with Crippen molar-refractivity contribution in [3.63, 3.8) is 0 Å². The predicted octanol–water partition coefficient (Wildman–Crippen LogP) is 0.871. The van der Waals surface area contributed by atoms with Gasteiger partial charge < -0.3 is 25.4 Å². The van der Waals surface area contributed by atoms with Crippen LogP contribution in [0.25, 0.3) is 0 Å². The molecule has 9 nitrogen and oxygen atoms in total. The molecule has 0 radical (unpaired) electrons. The Bertz CT molecular complexity index is 793. The van der Waals surface area contributed by atoms with Crippen molar-refractivity contribution >= 4 is 29.7 Å². The predicted molar refractivity (Wildman–Crippen MR) is 94.4 cm³/mol. The molecule has 0 unspecified atom stereocenters. The van der Waals surface area contributed by atoms with Gasteiger partial charge in [-0.15, -0.1) is 0 Å². The number of aliphatic carboxylic acids is 1. The number of aliphatic hydroxyl groups is 1. The van der Waals surface area contributed by atoms with Crippen molar-refractivity contribution in [3.05, 3.63) is 40.4 Å². The van der Waals surface area contributed by atoms with Crippen LogP contribution >= 0.6 is 11.8 Å². The molecule has 27 heavy (non-hydrogen) atoms.